The van der Waals surface area contributed by atoms with Gasteiger partial charge in [0.25, 0.3) is 0 Å². The molecule has 0 amide bonds. The number of esters is 1. The molecule has 1 aliphatic heterocycles. The molecule has 2 atom stereocenters. The first kappa shape index (κ1) is 12.2. The molecule has 0 aromatic rings. The van der Waals surface area contributed by atoms with Crippen molar-refractivity contribution in [2.24, 2.45) is 0 Å². The maximum absolute atomic E-state index is 11.4. The van der Waals surface area contributed by atoms with Gasteiger partial charge in [-0.2, -0.15) is 0 Å². The number of carbonyl (C=O) groups is 1. The fourth-order valence-corrected chi connectivity index (χ4v) is 1.18. The van der Waals surface area contributed by atoms with Gasteiger partial charge in [0.15, 0.2) is 6.29 Å². The van der Waals surface area contributed by atoms with E-state index in [0.717, 1.165) is 0 Å². The third-order valence-corrected chi connectivity index (χ3v) is 2.23. The van der Waals surface area contributed by atoms with Crippen molar-refractivity contribution in [1.82, 2.24) is 0 Å². The molecule has 1 aliphatic rings. The van der Waals surface area contributed by atoms with E-state index in [9.17, 15) is 4.79 Å². The molecule has 0 bridgehead atoms. The molecule has 1 saturated heterocycles. The molecular formula is C9H15IO4. The Hall–Kier alpha value is 0.120. The fourth-order valence-electron chi connectivity index (χ4n) is 1.02. The van der Waals surface area contributed by atoms with Gasteiger partial charge in [-0.15, -0.1) is 0 Å². The maximum atomic E-state index is 11.4. The minimum absolute atomic E-state index is 0.118. The average Bonchev–Trinajstić information content (AvgIpc) is 2.45. The molecule has 5 heteroatoms. The predicted octanol–water partition coefficient (Wildman–Crippen LogP) is 1.50. The summed E-state index contributed by atoms with van der Waals surface area (Å²) in [5.41, 5.74) is 0. The second kappa shape index (κ2) is 4.76. The molecule has 0 saturated carbocycles. The van der Waals surface area contributed by atoms with Gasteiger partial charge in [0.05, 0.1) is 6.61 Å². The van der Waals surface area contributed by atoms with Crippen LogP contribution in [0, 0.1) is 0 Å². The number of halogens is 1. The molecule has 2 unspecified atom stereocenters. The third-order valence-electron chi connectivity index (χ3n) is 1.79. The van der Waals surface area contributed by atoms with Crippen molar-refractivity contribution in [3.63, 3.8) is 0 Å². The van der Waals surface area contributed by atoms with Crippen molar-refractivity contribution in [2.45, 2.75) is 36.6 Å². The number of alkyl halides is 1. The first-order chi connectivity index (χ1) is 6.39. The number of rotatable bonds is 3. The van der Waals surface area contributed by atoms with Crippen LogP contribution in [-0.2, 0) is 19.0 Å². The van der Waals surface area contributed by atoms with Gasteiger partial charge in [-0.1, -0.05) is 22.6 Å². The fraction of sp³-hybridized carbons (Fsp3) is 0.889. The molecule has 0 radical (unpaired) electrons. The Morgan fingerprint density at radius 2 is 2.29 bits per heavy atom. The maximum Gasteiger partial charge on any atom is 0.321 e. The Bertz CT molecular complexity index is 211. The zero-order valence-corrected chi connectivity index (χ0v) is 10.7. The van der Waals surface area contributed by atoms with Crippen LogP contribution in [-0.4, -0.2) is 35.0 Å². The highest BCUT2D eigenvalue weighted by atomic mass is 127. The number of hydrogen-bond donors (Lipinski definition) is 0. The van der Waals surface area contributed by atoms with E-state index in [1.807, 2.05) is 43.4 Å². The second-order valence-corrected chi connectivity index (χ2v) is 6.43. The molecule has 0 aromatic heterocycles. The van der Waals surface area contributed by atoms with Crippen LogP contribution in [0.3, 0.4) is 0 Å². The van der Waals surface area contributed by atoms with E-state index >= 15 is 0 Å². The van der Waals surface area contributed by atoms with Gasteiger partial charge in [-0.25, -0.2) is 0 Å². The van der Waals surface area contributed by atoms with Gasteiger partial charge in [0.1, 0.15) is 16.1 Å². The van der Waals surface area contributed by atoms with Gasteiger partial charge in [0.2, 0.25) is 0 Å². The average molecular weight is 314 g/mol. The van der Waals surface area contributed by atoms with Gasteiger partial charge in [0, 0.05) is 0 Å². The molecule has 1 heterocycles. The zero-order valence-electron chi connectivity index (χ0n) is 8.58. The first-order valence-corrected chi connectivity index (χ1v) is 5.60. The summed E-state index contributed by atoms with van der Waals surface area (Å²) >= 11 is 2.05. The minimum atomic E-state index is -0.483. The normalized spacial score (nSPS) is 27.7. The van der Waals surface area contributed by atoms with E-state index in [0.29, 0.717) is 6.61 Å². The lowest BCUT2D eigenvalue weighted by Gasteiger charge is -2.16. The lowest BCUT2D eigenvalue weighted by molar-refractivity contribution is -0.149. The second-order valence-electron chi connectivity index (χ2n) is 3.73. The SMILES string of the molecule is CC1OCC(COC(=O)C(C)(C)I)O1. The summed E-state index contributed by atoms with van der Waals surface area (Å²) in [6.45, 7) is 6.21. The van der Waals surface area contributed by atoms with Crippen molar-refractivity contribution in [3.05, 3.63) is 0 Å². The van der Waals surface area contributed by atoms with Crippen molar-refractivity contribution in [3.8, 4) is 0 Å². The monoisotopic (exact) mass is 314 g/mol. The Labute approximate surface area is 97.4 Å². The minimum Gasteiger partial charge on any atom is -0.462 e. The van der Waals surface area contributed by atoms with Crippen LogP contribution in [0.4, 0.5) is 0 Å². The smallest absolute Gasteiger partial charge is 0.321 e. The van der Waals surface area contributed by atoms with Gasteiger partial charge in [-0.05, 0) is 20.8 Å². The molecule has 82 valence electrons. The standard InChI is InChI=1S/C9H15IO4/c1-6-12-4-7(14-6)5-13-8(11)9(2,3)10/h6-7H,4-5H2,1-3H3. The van der Waals surface area contributed by atoms with Crippen LogP contribution in [0.5, 0.6) is 0 Å². The lowest BCUT2D eigenvalue weighted by Crippen LogP contribution is -2.30. The summed E-state index contributed by atoms with van der Waals surface area (Å²) in [6.07, 6.45) is -0.306. The summed E-state index contributed by atoms with van der Waals surface area (Å²) in [7, 11) is 0. The van der Waals surface area contributed by atoms with E-state index in [1.165, 1.54) is 0 Å². The van der Waals surface area contributed by atoms with Gasteiger partial charge >= 0.3 is 5.97 Å². The largest absolute Gasteiger partial charge is 0.462 e. The molecule has 0 spiro atoms. The van der Waals surface area contributed by atoms with Crippen LogP contribution in [0.2, 0.25) is 0 Å². The number of hydrogen-bond acceptors (Lipinski definition) is 4. The van der Waals surface area contributed by atoms with E-state index in [2.05, 4.69) is 0 Å². The number of ether oxygens (including phenoxy) is 3. The Morgan fingerprint density at radius 1 is 1.64 bits per heavy atom. The highest BCUT2D eigenvalue weighted by molar-refractivity contribution is 14.1. The van der Waals surface area contributed by atoms with Crippen molar-refractivity contribution >= 4 is 28.6 Å². The van der Waals surface area contributed by atoms with Crippen molar-refractivity contribution in [2.75, 3.05) is 13.2 Å². The van der Waals surface area contributed by atoms with Crippen LogP contribution >= 0.6 is 22.6 Å². The molecule has 1 rings (SSSR count). The Balaban J connectivity index is 2.24. The van der Waals surface area contributed by atoms with E-state index in [4.69, 9.17) is 14.2 Å². The predicted molar refractivity (Wildman–Crippen MR) is 59.3 cm³/mol. The molecule has 0 aliphatic carbocycles. The molecule has 4 nitrogen and oxygen atoms in total. The lowest BCUT2D eigenvalue weighted by atomic mass is 10.2. The molecule has 0 N–H and O–H groups in total. The van der Waals surface area contributed by atoms with Crippen molar-refractivity contribution in [1.29, 1.82) is 0 Å². The van der Waals surface area contributed by atoms with E-state index in [1.54, 1.807) is 0 Å². The summed E-state index contributed by atoms with van der Waals surface area (Å²) in [4.78, 5) is 11.4. The molecule has 0 aromatic carbocycles. The van der Waals surface area contributed by atoms with Crippen LogP contribution in [0.15, 0.2) is 0 Å². The van der Waals surface area contributed by atoms with E-state index in [-0.39, 0.29) is 25.0 Å². The van der Waals surface area contributed by atoms with Crippen LogP contribution < -0.4 is 0 Å². The third kappa shape index (κ3) is 3.70. The van der Waals surface area contributed by atoms with E-state index < -0.39 is 3.42 Å². The topological polar surface area (TPSA) is 44.8 Å². The molecular weight excluding hydrogens is 299 g/mol. The Kier molecular flexibility index (Phi) is 4.15. The zero-order chi connectivity index (χ0) is 10.8. The van der Waals surface area contributed by atoms with Crippen LogP contribution in [0.1, 0.15) is 20.8 Å². The molecule has 1 fully saturated rings. The summed E-state index contributed by atoms with van der Waals surface area (Å²) < 4.78 is 15.1. The highest BCUT2D eigenvalue weighted by Gasteiger charge is 2.28. The number of carbonyl (C=O) groups excluding carboxylic acids is 1. The molecule has 14 heavy (non-hydrogen) atoms. The summed E-state index contributed by atoms with van der Waals surface area (Å²) in [5, 5.41) is 0. The van der Waals surface area contributed by atoms with Gasteiger partial charge in [-0.3, -0.25) is 4.79 Å². The van der Waals surface area contributed by atoms with Crippen LogP contribution in [0.25, 0.3) is 0 Å². The first-order valence-electron chi connectivity index (χ1n) is 4.53. The van der Waals surface area contributed by atoms with Gasteiger partial charge < -0.3 is 14.2 Å². The quantitative estimate of drug-likeness (QED) is 0.450. The summed E-state index contributed by atoms with van der Waals surface area (Å²) in [5.74, 6) is -0.221. The van der Waals surface area contributed by atoms with Crippen molar-refractivity contribution < 1.29 is 19.0 Å². The highest BCUT2D eigenvalue weighted by Crippen LogP contribution is 2.19. The summed E-state index contributed by atoms with van der Waals surface area (Å²) in [6, 6.07) is 0. The Morgan fingerprint density at radius 3 is 2.71 bits per heavy atom.